The van der Waals surface area contributed by atoms with Gasteiger partial charge in [-0.2, -0.15) is 0 Å². The summed E-state index contributed by atoms with van der Waals surface area (Å²) >= 11 is 0. The van der Waals surface area contributed by atoms with Crippen LogP contribution < -0.4 is 0 Å². The van der Waals surface area contributed by atoms with E-state index in [2.05, 4.69) is 39.0 Å². The fourth-order valence-corrected chi connectivity index (χ4v) is 7.23. The fraction of sp³-hybridized carbons (Fsp3) is 0.818. The summed E-state index contributed by atoms with van der Waals surface area (Å²) in [4.78, 5) is 0. The monoisotopic (exact) mass is 298 g/mol. The lowest BCUT2D eigenvalue weighted by atomic mass is 9.48. The SMILES string of the molecule is CCC[C@H]1CC[C@H]2[C@@H]3CC=C4C=CCC[C@]4(C)[C@H]3CC[C@]12C. The molecule has 0 aromatic heterocycles. The lowest BCUT2D eigenvalue weighted by Crippen LogP contribution is -2.49. The molecule has 2 saturated carbocycles. The molecule has 0 radical (unpaired) electrons. The van der Waals surface area contributed by atoms with Gasteiger partial charge in [-0.25, -0.2) is 0 Å². The zero-order valence-corrected chi connectivity index (χ0v) is 14.9. The number of allylic oxidation sites excluding steroid dienone is 4. The molecule has 4 aliphatic rings. The number of hydrogen-bond donors (Lipinski definition) is 0. The normalized spacial score (nSPS) is 50.0. The Bertz CT molecular complexity index is 498. The Morgan fingerprint density at radius 2 is 1.95 bits per heavy atom. The van der Waals surface area contributed by atoms with E-state index in [4.69, 9.17) is 0 Å². The van der Waals surface area contributed by atoms with Crippen LogP contribution in [0.3, 0.4) is 0 Å². The predicted octanol–water partition coefficient (Wildman–Crippen LogP) is 6.53. The van der Waals surface area contributed by atoms with E-state index in [1.54, 1.807) is 5.57 Å². The second kappa shape index (κ2) is 5.25. The largest absolute Gasteiger partial charge is 0.0842 e. The van der Waals surface area contributed by atoms with Crippen molar-refractivity contribution in [2.45, 2.75) is 78.6 Å². The van der Waals surface area contributed by atoms with Gasteiger partial charge in [0, 0.05) is 0 Å². The van der Waals surface area contributed by atoms with Gasteiger partial charge in [-0.05, 0) is 85.0 Å². The maximum Gasteiger partial charge on any atom is -0.00445 e. The zero-order valence-electron chi connectivity index (χ0n) is 14.9. The smallest absolute Gasteiger partial charge is 0.00445 e. The molecule has 0 saturated heterocycles. The molecule has 0 nitrogen and oxygen atoms in total. The van der Waals surface area contributed by atoms with E-state index in [0.717, 1.165) is 23.7 Å². The Morgan fingerprint density at radius 3 is 2.77 bits per heavy atom. The van der Waals surface area contributed by atoms with Crippen molar-refractivity contribution in [3.05, 3.63) is 23.8 Å². The van der Waals surface area contributed by atoms with Crippen LogP contribution in [0.2, 0.25) is 0 Å². The minimum absolute atomic E-state index is 0.502. The van der Waals surface area contributed by atoms with Gasteiger partial charge in [-0.3, -0.25) is 0 Å². The average Bonchev–Trinajstić information content (AvgIpc) is 2.84. The van der Waals surface area contributed by atoms with Crippen molar-refractivity contribution in [3.8, 4) is 0 Å². The minimum Gasteiger partial charge on any atom is -0.0842 e. The van der Waals surface area contributed by atoms with Gasteiger partial charge in [-0.1, -0.05) is 51.8 Å². The summed E-state index contributed by atoms with van der Waals surface area (Å²) in [5, 5.41) is 0. The topological polar surface area (TPSA) is 0 Å². The van der Waals surface area contributed by atoms with Crippen LogP contribution in [0, 0.1) is 34.5 Å². The second-order valence-electron chi connectivity index (χ2n) is 9.24. The number of rotatable bonds is 2. The van der Waals surface area contributed by atoms with Gasteiger partial charge in [0.1, 0.15) is 0 Å². The first-order valence-corrected chi connectivity index (χ1v) is 9.97. The summed E-state index contributed by atoms with van der Waals surface area (Å²) in [5.41, 5.74) is 2.86. The van der Waals surface area contributed by atoms with Gasteiger partial charge < -0.3 is 0 Å². The molecule has 0 aromatic rings. The third kappa shape index (κ3) is 1.95. The molecule has 22 heavy (non-hydrogen) atoms. The van der Waals surface area contributed by atoms with Crippen molar-refractivity contribution in [2.75, 3.05) is 0 Å². The molecule has 0 aliphatic heterocycles. The first-order chi connectivity index (χ1) is 10.6. The third-order valence-electron chi connectivity index (χ3n) is 8.49. The van der Waals surface area contributed by atoms with Crippen LogP contribution in [0.25, 0.3) is 0 Å². The van der Waals surface area contributed by atoms with Crippen molar-refractivity contribution < 1.29 is 0 Å². The summed E-state index contributed by atoms with van der Waals surface area (Å²) < 4.78 is 0. The molecule has 0 bridgehead atoms. The van der Waals surface area contributed by atoms with Gasteiger partial charge in [0.25, 0.3) is 0 Å². The van der Waals surface area contributed by atoms with Crippen molar-refractivity contribution >= 4 is 0 Å². The van der Waals surface area contributed by atoms with Crippen LogP contribution >= 0.6 is 0 Å². The van der Waals surface area contributed by atoms with E-state index in [-0.39, 0.29) is 0 Å². The maximum atomic E-state index is 2.67. The first kappa shape index (κ1) is 15.0. The first-order valence-electron chi connectivity index (χ1n) is 9.97. The van der Waals surface area contributed by atoms with Crippen LogP contribution in [-0.4, -0.2) is 0 Å². The highest BCUT2D eigenvalue weighted by Gasteiger charge is 2.57. The van der Waals surface area contributed by atoms with Gasteiger partial charge in [0.05, 0.1) is 0 Å². The lowest BCUT2D eigenvalue weighted by Gasteiger charge is -2.57. The van der Waals surface area contributed by atoms with E-state index >= 15 is 0 Å². The molecule has 0 aromatic carbocycles. The predicted molar refractivity (Wildman–Crippen MR) is 94.6 cm³/mol. The molecule has 0 unspecified atom stereocenters. The zero-order chi connectivity index (χ0) is 15.4. The Morgan fingerprint density at radius 1 is 1.09 bits per heavy atom. The van der Waals surface area contributed by atoms with E-state index in [0.29, 0.717) is 10.8 Å². The second-order valence-corrected chi connectivity index (χ2v) is 9.24. The van der Waals surface area contributed by atoms with Crippen molar-refractivity contribution in [2.24, 2.45) is 34.5 Å². The highest BCUT2D eigenvalue weighted by atomic mass is 14.6. The van der Waals surface area contributed by atoms with Crippen molar-refractivity contribution in [1.29, 1.82) is 0 Å². The summed E-state index contributed by atoms with van der Waals surface area (Å²) in [6.45, 7) is 7.65. The Balaban J connectivity index is 1.65. The van der Waals surface area contributed by atoms with Gasteiger partial charge in [-0.15, -0.1) is 0 Å². The van der Waals surface area contributed by atoms with Gasteiger partial charge >= 0.3 is 0 Å². The van der Waals surface area contributed by atoms with Crippen molar-refractivity contribution in [3.63, 3.8) is 0 Å². The molecule has 6 atom stereocenters. The molecule has 4 aliphatic carbocycles. The minimum atomic E-state index is 0.502. The number of hydrogen-bond acceptors (Lipinski definition) is 0. The summed E-state index contributed by atoms with van der Waals surface area (Å²) in [6, 6.07) is 0. The van der Waals surface area contributed by atoms with Gasteiger partial charge in [0.2, 0.25) is 0 Å². The molecule has 0 heterocycles. The molecular formula is C22H34. The molecular weight excluding hydrogens is 264 g/mol. The fourth-order valence-electron chi connectivity index (χ4n) is 7.23. The van der Waals surface area contributed by atoms with E-state index in [1.165, 1.54) is 57.8 Å². The van der Waals surface area contributed by atoms with Crippen LogP contribution in [0.4, 0.5) is 0 Å². The molecule has 122 valence electrons. The van der Waals surface area contributed by atoms with Crippen LogP contribution in [-0.2, 0) is 0 Å². The summed E-state index contributed by atoms with van der Waals surface area (Å²) in [6.07, 6.45) is 20.5. The Labute approximate surface area is 137 Å². The molecule has 0 heteroatoms. The summed E-state index contributed by atoms with van der Waals surface area (Å²) in [5.74, 6) is 3.99. The third-order valence-corrected chi connectivity index (χ3v) is 8.49. The highest BCUT2D eigenvalue weighted by molar-refractivity contribution is 5.34. The van der Waals surface area contributed by atoms with Crippen LogP contribution in [0.5, 0.6) is 0 Å². The Hall–Kier alpha value is -0.520. The maximum absolute atomic E-state index is 2.67. The standard InChI is InChI=1S/C22H34/c1-4-7-16-10-12-19-18-11-9-17-8-5-6-14-21(17,2)20(18)13-15-22(16,19)3/h5,8-9,16,18-20H,4,6-7,10-15H2,1-3H3/t16-,18-,19-,20-,21-,22+/m0/s1. The Kier molecular flexibility index (Phi) is 3.59. The van der Waals surface area contributed by atoms with Crippen LogP contribution in [0.1, 0.15) is 78.6 Å². The average molecular weight is 299 g/mol. The quantitative estimate of drug-likeness (QED) is 0.543. The molecule has 2 fully saturated rings. The van der Waals surface area contributed by atoms with E-state index < -0.39 is 0 Å². The summed E-state index contributed by atoms with van der Waals surface area (Å²) in [7, 11) is 0. The number of fused-ring (bicyclic) bond motifs is 5. The highest BCUT2D eigenvalue weighted by Crippen LogP contribution is 2.66. The van der Waals surface area contributed by atoms with E-state index in [9.17, 15) is 0 Å². The van der Waals surface area contributed by atoms with Gasteiger partial charge in [0.15, 0.2) is 0 Å². The molecule has 0 amide bonds. The molecule has 0 spiro atoms. The van der Waals surface area contributed by atoms with E-state index in [1.807, 2.05) is 0 Å². The van der Waals surface area contributed by atoms with Crippen molar-refractivity contribution in [1.82, 2.24) is 0 Å². The lowest BCUT2D eigenvalue weighted by molar-refractivity contribution is -0.0367. The molecule has 0 N–H and O–H groups in total. The van der Waals surface area contributed by atoms with Crippen LogP contribution in [0.15, 0.2) is 23.8 Å². The molecule has 4 rings (SSSR count).